The summed E-state index contributed by atoms with van der Waals surface area (Å²) in [6.07, 6.45) is -4.83. The molecule has 31 heavy (non-hydrogen) atoms. The van der Waals surface area contributed by atoms with Crippen molar-refractivity contribution in [2.45, 2.75) is 10.6 Å². The van der Waals surface area contributed by atoms with Crippen LogP contribution in [-0.4, -0.2) is 18.6 Å². The van der Waals surface area contributed by atoms with Crippen molar-refractivity contribution < 1.29 is 18.3 Å². The highest BCUT2D eigenvalue weighted by Crippen LogP contribution is 2.38. The molecule has 0 unspecified atom stereocenters. The number of aromatic hydroxyl groups is 1. The summed E-state index contributed by atoms with van der Waals surface area (Å²) in [5, 5.41) is 11.1. The Morgan fingerprint density at radius 1 is 1.16 bits per heavy atom. The molecule has 4 aromatic rings. The molecule has 0 aliphatic rings. The minimum absolute atomic E-state index is 0.0807. The van der Waals surface area contributed by atoms with Crippen LogP contribution in [0.2, 0.25) is 0 Å². The molecule has 0 saturated carbocycles. The Morgan fingerprint density at radius 3 is 2.58 bits per heavy atom. The van der Waals surface area contributed by atoms with Crippen molar-refractivity contribution >= 4 is 44.2 Å². The molecule has 0 fully saturated rings. The molecule has 6 nitrogen and oxygen atoms in total. The molecule has 4 rings (SSSR count). The minimum Gasteiger partial charge on any atom is -0.507 e. The predicted octanol–water partition coefficient (Wildman–Crippen LogP) is 4.47. The van der Waals surface area contributed by atoms with Crippen LogP contribution >= 0.6 is 34.1 Å². The van der Waals surface area contributed by atoms with Crippen LogP contribution in [0.1, 0.15) is 11.3 Å². The first kappa shape index (κ1) is 21.6. The number of para-hydroxylation sites is 1. The molecular weight excluding hydrogens is 546 g/mol. The number of nitrogens with zero attached hydrogens (tertiary/aromatic N) is 3. The third kappa shape index (κ3) is 3.65. The SMILES string of the molecule is Cn1c(C(F)(F)F)cc(=O)n(-c2ccc3snc(-c4cccc(CI)c4O)c3c2)c1=O. The van der Waals surface area contributed by atoms with E-state index in [9.17, 15) is 27.9 Å². The average molecular weight is 559 g/mol. The zero-order valence-electron chi connectivity index (χ0n) is 15.8. The molecule has 0 bridgehead atoms. The number of fused-ring (bicyclic) bond motifs is 1. The Balaban J connectivity index is 1.95. The van der Waals surface area contributed by atoms with Gasteiger partial charge in [-0.25, -0.2) is 9.36 Å². The van der Waals surface area contributed by atoms with E-state index in [1.807, 2.05) is 0 Å². The first-order chi connectivity index (χ1) is 14.6. The summed E-state index contributed by atoms with van der Waals surface area (Å²) < 4.78 is 46.1. The summed E-state index contributed by atoms with van der Waals surface area (Å²) in [6, 6.07) is 10.3. The molecule has 2 aromatic carbocycles. The monoisotopic (exact) mass is 559 g/mol. The smallest absolute Gasteiger partial charge is 0.431 e. The summed E-state index contributed by atoms with van der Waals surface area (Å²) in [5.74, 6) is 0.0807. The third-order valence-electron chi connectivity index (χ3n) is 4.84. The van der Waals surface area contributed by atoms with E-state index in [1.54, 1.807) is 24.3 Å². The second-order valence-corrected chi connectivity index (χ2v) is 8.27. The Hall–Kier alpha value is -2.67. The second-order valence-electron chi connectivity index (χ2n) is 6.70. The van der Waals surface area contributed by atoms with Crippen LogP contribution in [0.4, 0.5) is 13.2 Å². The predicted molar refractivity (Wildman–Crippen MR) is 120 cm³/mol. The molecule has 160 valence electrons. The second kappa shape index (κ2) is 7.79. The number of alkyl halides is 4. The van der Waals surface area contributed by atoms with Gasteiger partial charge >= 0.3 is 11.9 Å². The van der Waals surface area contributed by atoms with Crippen LogP contribution in [-0.2, 0) is 17.7 Å². The van der Waals surface area contributed by atoms with Crippen molar-refractivity contribution in [3.63, 3.8) is 0 Å². The van der Waals surface area contributed by atoms with Gasteiger partial charge in [0.15, 0.2) is 0 Å². The quantitative estimate of drug-likeness (QED) is 0.297. The third-order valence-corrected chi connectivity index (χ3v) is 6.49. The van der Waals surface area contributed by atoms with Gasteiger partial charge in [-0.3, -0.25) is 9.36 Å². The Morgan fingerprint density at radius 2 is 1.90 bits per heavy atom. The number of phenols is 1. The Labute approximate surface area is 190 Å². The number of rotatable bonds is 3. The van der Waals surface area contributed by atoms with Crippen LogP contribution in [0.3, 0.4) is 0 Å². The van der Waals surface area contributed by atoms with E-state index in [4.69, 9.17) is 0 Å². The summed E-state index contributed by atoms with van der Waals surface area (Å²) in [4.78, 5) is 25.0. The summed E-state index contributed by atoms with van der Waals surface area (Å²) in [7, 11) is 0.963. The van der Waals surface area contributed by atoms with Crippen LogP contribution in [0.15, 0.2) is 52.1 Å². The number of benzene rings is 2. The molecular formula is C20H13F3IN3O3S. The lowest BCUT2D eigenvalue weighted by Gasteiger charge is -2.14. The number of halogens is 4. The van der Waals surface area contributed by atoms with E-state index in [2.05, 4.69) is 27.0 Å². The molecule has 0 aliphatic carbocycles. The Kier molecular flexibility index (Phi) is 5.41. The molecule has 0 atom stereocenters. The molecule has 0 radical (unpaired) electrons. The van der Waals surface area contributed by atoms with Gasteiger partial charge in [0.05, 0.1) is 16.1 Å². The van der Waals surface area contributed by atoms with Gasteiger partial charge < -0.3 is 5.11 Å². The van der Waals surface area contributed by atoms with E-state index < -0.39 is 23.1 Å². The summed E-state index contributed by atoms with van der Waals surface area (Å²) in [6.45, 7) is 0. The minimum atomic E-state index is -4.83. The molecule has 0 aliphatic heterocycles. The average Bonchev–Trinajstić information content (AvgIpc) is 3.13. The van der Waals surface area contributed by atoms with E-state index in [0.717, 1.165) is 17.3 Å². The fraction of sp³-hybridized carbons (Fsp3) is 0.150. The van der Waals surface area contributed by atoms with Crippen molar-refractivity contribution in [1.29, 1.82) is 0 Å². The first-order valence-corrected chi connectivity index (χ1v) is 11.1. The van der Waals surface area contributed by atoms with Gasteiger partial charge in [0.25, 0.3) is 5.56 Å². The van der Waals surface area contributed by atoms with Gasteiger partial charge in [-0.05, 0) is 35.8 Å². The topological polar surface area (TPSA) is 77.1 Å². The van der Waals surface area contributed by atoms with Crippen LogP contribution in [0.25, 0.3) is 27.0 Å². The highest BCUT2D eigenvalue weighted by Gasteiger charge is 2.35. The lowest BCUT2D eigenvalue weighted by Crippen LogP contribution is -2.40. The maximum absolute atomic E-state index is 13.1. The van der Waals surface area contributed by atoms with Crippen molar-refractivity contribution in [2.75, 3.05) is 0 Å². The lowest BCUT2D eigenvalue weighted by molar-refractivity contribution is -0.144. The van der Waals surface area contributed by atoms with E-state index in [1.165, 1.54) is 23.7 Å². The van der Waals surface area contributed by atoms with Crippen molar-refractivity contribution in [1.82, 2.24) is 13.5 Å². The standard InChI is InChI=1S/C20H13F3IN3O3S/c1-26-15(20(21,22)23)8-16(28)27(19(26)30)11-5-6-14-13(7-11)17(25-31-14)12-4-2-3-10(9-24)18(12)29/h2-8,29H,9H2,1H3. The maximum atomic E-state index is 13.1. The first-order valence-electron chi connectivity index (χ1n) is 8.80. The van der Waals surface area contributed by atoms with Crippen LogP contribution in [0.5, 0.6) is 5.75 Å². The maximum Gasteiger partial charge on any atom is 0.431 e. The van der Waals surface area contributed by atoms with Gasteiger partial charge in [0.1, 0.15) is 11.4 Å². The molecule has 11 heteroatoms. The largest absolute Gasteiger partial charge is 0.507 e. The highest BCUT2D eigenvalue weighted by atomic mass is 127. The summed E-state index contributed by atoms with van der Waals surface area (Å²) >= 11 is 3.30. The van der Waals surface area contributed by atoms with Crippen molar-refractivity contribution in [3.8, 4) is 22.7 Å². The summed E-state index contributed by atoms with van der Waals surface area (Å²) in [5.41, 5.74) is -1.74. The van der Waals surface area contributed by atoms with E-state index in [-0.39, 0.29) is 11.4 Å². The molecule has 0 saturated heterocycles. The number of aromatic nitrogens is 3. The van der Waals surface area contributed by atoms with Gasteiger partial charge in [0, 0.05) is 34.1 Å². The van der Waals surface area contributed by atoms with E-state index >= 15 is 0 Å². The molecule has 0 amide bonds. The van der Waals surface area contributed by atoms with Gasteiger partial charge in [0.2, 0.25) is 0 Å². The normalized spacial score (nSPS) is 11.9. The lowest BCUT2D eigenvalue weighted by atomic mass is 10.0. The van der Waals surface area contributed by atoms with Gasteiger partial charge in [-0.2, -0.15) is 17.5 Å². The van der Waals surface area contributed by atoms with Crippen LogP contribution < -0.4 is 11.2 Å². The number of hydrogen-bond acceptors (Lipinski definition) is 5. The van der Waals surface area contributed by atoms with Crippen LogP contribution in [0, 0.1) is 0 Å². The molecule has 0 spiro atoms. The number of phenolic OH excluding ortho intramolecular Hbond substituents is 1. The molecule has 2 heterocycles. The molecule has 1 N–H and O–H groups in total. The van der Waals surface area contributed by atoms with Gasteiger partial charge in [-0.1, -0.05) is 34.7 Å². The van der Waals surface area contributed by atoms with Gasteiger partial charge in [-0.15, -0.1) is 0 Å². The Bertz CT molecular complexity index is 1440. The van der Waals surface area contributed by atoms with Crippen molar-refractivity contribution in [3.05, 3.63) is 74.6 Å². The highest BCUT2D eigenvalue weighted by molar-refractivity contribution is 14.1. The molecule has 2 aromatic heterocycles. The zero-order chi connectivity index (χ0) is 22.5. The fourth-order valence-electron chi connectivity index (χ4n) is 3.29. The van der Waals surface area contributed by atoms with E-state index in [0.29, 0.717) is 36.3 Å². The number of hydrogen-bond donors (Lipinski definition) is 1. The van der Waals surface area contributed by atoms with Crippen molar-refractivity contribution in [2.24, 2.45) is 7.05 Å². The fourth-order valence-corrected chi connectivity index (χ4v) is 4.67. The zero-order valence-corrected chi connectivity index (χ0v) is 18.7.